The fourth-order valence-corrected chi connectivity index (χ4v) is 2.48. The zero-order chi connectivity index (χ0) is 20.3. The predicted octanol–water partition coefficient (Wildman–Crippen LogP) is 5.72. The number of carbonyl (C=O) groups is 1. The number of halogens is 5. The highest BCUT2D eigenvalue weighted by atomic mass is 19.2. The lowest BCUT2D eigenvalue weighted by atomic mass is 10.1. The molecule has 0 aliphatic rings. The van der Waals surface area contributed by atoms with Crippen molar-refractivity contribution in [2.75, 3.05) is 5.32 Å². The lowest BCUT2D eigenvalue weighted by molar-refractivity contribution is 0.104. The zero-order valence-electron chi connectivity index (χ0n) is 14.1. The summed E-state index contributed by atoms with van der Waals surface area (Å²) in [6.07, 6.45) is 1.03. The summed E-state index contributed by atoms with van der Waals surface area (Å²) in [7, 11) is 0. The number of rotatable bonds is 5. The third-order valence-electron chi connectivity index (χ3n) is 3.89. The maximum atomic E-state index is 14.0. The quantitative estimate of drug-likeness (QED) is 0.199. The smallest absolute Gasteiger partial charge is 0.200 e. The molecule has 28 heavy (non-hydrogen) atoms. The van der Waals surface area contributed by atoms with Crippen LogP contribution in [0.3, 0.4) is 0 Å². The number of benzene rings is 3. The van der Waals surface area contributed by atoms with Crippen LogP contribution in [0, 0.1) is 29.1 Å². The SMILES string of the molecule is O=C(C=C(Nc1c(F)c(F)c(F)c(F)c1F)c1ccccc1)c1ccccc1. The van der Waals surface area contributed by atoms with Gasteiger partial charge in [0, 0.05) is 17.3 Å². The van der Waals surface area contributed by atoms with E-state index in [1.165, 1.54) is 24.3 Å². The molecule has 7 heteroatoms. The molecule has 3 aromatic carbocycles. The van der Waals surface area contributed by atoms with Crippen molar-refractivity contribution >= 4 is 17.2 Å². The molecular weight excluding hydrogens is 377 g/mol. The van der Waals surface area contributed by atoms with Crippen LogP contribution in [-0.2, 0) is 0 Å². The largest absolute Gasteiger partial charge is 0.350 e. The molecule has 0 amide bonds. The Morgan fingerprint density at radius 1 is 0.643 bits per heavy atom. The van der Waals surface area contributed by atoms with Crippen molar-refractivity contribution < 1.29 is 26.7 Å². The van der Waals surface area contributed by atoms with Gasteiger partial charge in [0.25, 0.3) is 0 Å². The van der Waals surface area contributed by atoms with E-state index in [1.54, 1.807) is 36.4 Å². The number of anilines is 1. The van der Waals surface area contributed by atoms with Gasteiger partial charge in [0.1, 0.15) is 5.69 Å². The van der Waals surface area contributed by atoms with E-state index in [4.69, 9.17) is 0 Å². The minimum Gasteiger partial charge on any atom is -0.350 e. The molecule has 0 spiro atoms. The van der Waals surface area contributed by atoms with Gasteiger partial charge in [-0.15, -0.1) is 0 Å². The highest BCUT2D eigenvalue weighted by Gasteiger charge is 2.26. The molecule has 2 nitrogen and oxygen atoms in total. The van der Waals surface area contributed by atoms with Crippen LogP contribution >= 0.6 is 0 Å². The molecule has 0 aromatic heterocycles. The van der Waals surface area contributed by atoms with Gasteiger partial charge in [0.05, 0.1) is 0 Å². The van der Waals surface area contributed by atoms with E-state index in [9.17, 15) is 26.7 Å². The maximum Gasteiger partial charge on any atom is 0.200 e. The lowest BCUT2D eigenvalue weighted by Crippen LogP contribution is -2.10. The molecule has 0 unspecified atom stereocenters. The second-order valence-electron chi connectivity index (χ2n) is 5.72. The van der Waals surface area contributed by atoms with Gasteiger partial charge in [0.15, 0.2) is 29.1 Å². The molecule has 3 rings (SSSR count). The Labute approximate surface area is 156 Å². The van der Waals surface area contributed by atoms with E-state index in [0.717, 1.165) is 6.08 Å². The molecular formula is C21H12F5NO. The molecule has 0 radical (unpaired) electrons. The fraction of sp³-hybridized carbons (Fsp3) is 0. The summed E-state index contributed by atoms with van der Waals surface area (Å²) in [6.45, 7) is 0. The normalized spacial score (nSPS) is 11.4. The Morgan fingerprint density at radius 2 is 1.07 bits per heavy atom. The predicted molar refractivity (Wildman–Crippen MR) is 95.0 cm³/mol. The second-order valence-corrected chi connectivity index (χ2v) is 5.72. The Balaban J connectivity index is 2.10. The molecule has 3 aromatic rings. The Hall–Kier alpha value is -3.48. The van der Waals surface area contributed by atoms with Crippen molar-refractivity contribution in [2.45, 2.75) is 0 Å². The lowest BCUT2D eigenvalue weighted by Gasteiger charge is -2.14. The number of carbonyl (C=O) groups excluding carboxylic acids is 1. The fourth-order valence-electron chi connectivity index (χ4n) is 2.48. The molecule has 0 aliphatic carbocycles. The monoisotopic (exact) mass is 389 g/mol. The van der Waals surface area contributed by atoms with E-state index in [-0.39, 0.29) is 11.3 Å². The second kappa shape index (κ2) is 8.04. The first kappa shape index (κ1) is 19.3. The van der Waals surface area contributed by atoms with Crippen molar-refractivity contribution in [3.05, 3.63) is 107 Å². The van der Waals surface area contributed by atoms with E-state index >= 15 is 0 Å². The summed E-state index contributed by atoms with van der Waals surface area (Å²) in [6, 6.07) is 15.9. The Bertz CT molecular complexity index is 1020. The molecule has 0 fully saturated rings. The van der Waals surface area contributed by atoms with Crippen LogP contribution in [0.5, 0.6) is 0 Å². The van der Waals surface area contributed by atoms with Crippen molar-refractivity contribution in [1.82, 2.24) is 0 Å². The van der Waals surface area contributed by atoms with E-state index < -0.39 is 40.6 Å². The van der Waals surface area contributed by atoms with E-state index in [0.29, 0.717) is 5.56 Å². The van der Waals surface area contributed by atoms with E-state index in [2.05, 4.69) is 5.32 Å². The van der Waals surface area contributed by atoms with Crippen molar-refractivity contribution in [3.8, 4) is 0 Å². The van der Waals surface area contributed by atoms with Crippen LogP contribution in [0.15, 0.2) is 66.7 Å². The number of hydrogen-bond acceptors (Lipinski definition) is 2. The Morgan fingerprint density at radius 3 is 1.57 bits per heavy atom. The molecule has 1 N–H and O–H groups in total. The van der Waals surface area contributed by atoms with Crippen LogP contribution in [0.4, 0.5) is 27.6 Å². The van der Waals surface area contributed by atoms with Gasteiger partial charge in [0.2, 0.25) is 5.82 Å². The third kappa shape index (κ3) is 3.78. The van der Waals surface area contributed by atoms with Gasteiger partial charge < -0.3 is 5.32 Å². The summed E-state index contributed by atoms with van der Waals surface area (Å²) < 4.78 is 68.3. The average molecular weight is 389 g/mol. The zero-order valence-corrected chi connectivity index (χ0v) is 14.1. The summed E-state index contributed by atoms with van der Waals surface area (Å²) in [5.74, 6) is -11.0. The van der Waals surface area contributed by atoms with Gasteiger partial charge in [-0.3, -0.25) is 4.79 Å². The van der Waals surface area contributed by atoms with Crippen LogP contribution in [0.25, 0.3) is 5.70 Å². The molecule has 0 atom stereocenters. The van der Waals surface area contributed by atoms with Crippen molar-refractivity contribution in [1.29, 1.82) is 0 Å². The standard InChI is InChI=1S/C21H12F5NO/c22-16-17(23)19(25)21(20(26)18(16)24)27-14(12-7-3-1-4-8-12)11-15(28)13-9-5-2-6-10-13/h1-11,27H. The molecule has 0 saturated heterocycles. The number of nitrogens with one attached hydrogen (secondary N) is 1. The first-order chi connectivity index (χ1) is 13.4. The third-order valence-corrected chi connectivity index (χ3v) is 3.89. The number of ketones is 1. The average Bonchev–Trinajstić information content (AvgIpc) is 2.74. The van der Waals surface area contributed by atoms with Gasteiger partial charge in [-0.05, 0) is 5.56 Å². The molecule has 142 valence electrons. The molecule has 0 heterocycles. The van der Waals surface area contributed by atoms with Crippen molar-refractivity contribution in [3.63, 3.8) is 0 Å². The topological polar surface area (TPSA) is 29.1 Å². The van der Waals surface area contributed by atoms with Crippen LogP contribution in [-0.4, -0.2) is 5.78 Å². The molecule has 0 saturated carbocycles. The van der Waals surface area contributed by atoms with Gasteiger partial charge in [-0.1, -0.05) is 60.7 Å². The minimum absolute atomic E-state index is 0.127. The highest BCUT2D eigenvalue weighted by molar-refractivity contribution is 6.09. The summed E-state index contributed by atoms with van der Waals surface area (Å²) in [5, 5.41) is 2.19. The molecule has 0 bridgehead atoms. The summed E-state index contributed by atoms with van der Waals surface area (Å²) >= 11 is 0. The summed E-state index contributed by atoms with van der Waals surface area (Å²) in [5.41, 5.74) is -0.768. The van der Waals surface area contributed by atoms with Gasteiger partial charge in [-0.2, -0.15) is 0 Å². The summed E-state index contributed by atoms with van der Waals surface area (Å²) in [4.78, 5) is 12.5. The van der Waals surface area contributed by atoms with Gasteiger partial charge >= 0.3 is 0 Å². The Kier molecular flexibility index (Phi) is 5.54. The first-order valence-corrected chi connectivity index (χ1v) is 8.05. The first-order valence-electron chi connectivity index (χ1n) is 8.05. The van der Waals surface area contributed by atoms with E-state index in [1.807, 2.05) is 0 Å². The number of allylic oxidation sites excluding steroid dienone is 1. The van der Waals surface area contributed by atoms with Gasteiger partial charge in [-0.25, -0.2) is 22.0 Å². The van der Waals surface area contributed by atoms with Crippen LogP contribution in [0.2, 0.25) is 0 Å². The minimum atomic E-state index is -2.26. The highest BCUT2D eigenvalue weighted by Crippen LogP contribution is 2.30. The van der Waals surface area contributed by atoms with Crippen LogP contribution in [0.1, 0.15) is 15.9 Å². The molecule has 0 aliphatic heterocycles. The van der Waals surface area contributed by atoms with Crippen LogP contribution < -0.4 is 5.32 Å². The van der Waals surface area contributed by atoms with Crippen molar-refractivity contribution in [2.24, 2.45) is 0 Å². The number of hydrogen-bond donors (Lipinski definition) is 1. The maximum absolute atomic E-state index is 14.0.